The molecule has 0 aromatic heterocycles. The zero-order valence-electron chi connectivity index (χ0n) is 11.4. The zero-order valence-corrected chi connectivity index (χ0v) is 11.4. The van der Waals surface area contributed by atoms with Gasteiger partial charge in [-0.05, 0) is 12.0 Å². The largest absolute Gasteiger partial charge is 0.436 e. The zero-order chi connectivity index (χ0) is 13.7. The molecule has 0 amide bonds. The predicted molar refractivity (Wildman–Crippen MR) is 70.3 cm³/mol. The number of ether oxygens (including phenoxy) is 3. The van der Waals surface area contributed by atoms with Crippen molar-refractivity contribution in [1.82, 2.24) is 0 Å². The van der Waals surface area contributed by atoms with Gasteiger partial charge in [0.05, 0.1) is 19.3 Å². The molecule has 0 aliphatic carbocycles. The maximum absolute atomic E-state index is 10.9. The monoisotopic (exact) mass is 264 g/mol. The SMILES string of the molecule is CC(=O)OC1OC(COCc2ccccc2)CC1C. The number of carbonyl (C=O) groups is 1. The van der Waals surface area contributed by atoms with Crippen molar-refractivity contribution in [1.29, 1.82) is 0 Å². The Hall–Kier alpha value is -1.39. The van der Waals surface area contributed by atoms with Crippen LogP contribution in [0.4, 0.5) is 0 Å². The minimum atomic E-state index is -0.428. The number of carbonyl (C=O) groups excluding carboxylic acids is 1. The second-order valence-corrected chi connectivity index (χ2v) is 4.95. The van der Waals surface area contributed by atoms with Crippen molar-refractivity contribution in [2.75, 3.05) is 6.61 Å². The summed E-state index contributed by atoms with van der Waals surface area (Å²) in [4.78, 5) is 10.9. The third-order valence-electron chi connectivity index (χ3n) is 3.12. The first-order valence-corrected chi connectivity index (χ1v) is 6.59. The Kier molecular flexibility index (Phi) is 4.93. The fourth-order valence-electron chi connectivity index (χ4n) is 2.20. The lowest BCUT2D eigenvalue weighted by Gasteiger charge is -2.15. The topological polar surface area (TPSA) is 44.8 Å². The van der Waals surface area contributed by atoms with E-state index < -0.39 is 6.29 Å². The number of esters is 1. The molecular formula is C15H20O4. The van der Waals surface area contributed by atoms with Gasteiger partial charge in [0.1, 0.15) is 0 Å². The molecule has 1 fully saturated rings. The van der Waals surface area contributed by atoms with Crippen molar-refractivity contribution >= 4 is 5.97 Å². The van der Waals surface area contributed by atoms with Crippen molar-refractivity contribution in [3.05, 3.63) is 35.9 Å². The fourth-order valence-corrected chi connectivity index (χ4v) is 2.20. The summed E-state index contributed by atoms with van der Waals surface area (Å²) in [6.45, 7) is 4.52. The lowest BCUT2D eigenvalue weighted by atomic mass is 10.1. The van der Waals surface area contributed by atoms with Gasteiger partial charge in [-0.2, -0.15) is 0 Å². The fraction of sp³-hybridized carbons (Fsp3) is 0.533. The number of hydrogen-bond donors (Lipinski definition) is 0. The molecule has 1 saturated heterocycles. The molecule has 2 rings (SSSR count). The molecule has 1 aromatic carbocycles. The van der Waals surface area contributed by atoms with Gasteiger partial charge in [-0.15, -0.1) is 0 Å². The first-order chi connectivity index (χ1) is 9.15. The van der Waals surface area contributed by atoms with Crippen molar-refractivity contribution in [3.8, 4) is 0 Å². The molecular weight excluding hydrogens is 244 g/mol. The van der Waals surface area contributed by atoms with Crippen molar-refractivity contribution in [2.24, 2.45) is 5.92 Å². The van der Waals surface area contributed by atoms with Gasteiger partial charge in [0, 0.05) is 12.8 Å². The van der Waals surface area contributed by atoms with E-state index in [2.05, 4.69) is 0 Å². The van der Waals surface area contributed by atoms with E-state index in [1.807, 2.05) is 37.3 Å². The summed E-state index contributed by atoms with van der Waals surface area (Å²) in [5, 5.41) is 0. The van der Waals surface area contributed by atoms with Gasteiger partial charge >= 0.3 is 5.97 Å². The van der Waals surface area contributed by atoms with E-state index in [0.717, 1.165) is 12.0 Å². The molecule has 3 atom stereocenters. The van der Waals surface area contributed by atoms with Crippen LogP contribution >= 0.6 is 0 Å². The van der Waals surface area contributed by atoms with E-state index >= 15 is 0 Å². The highest BCUT2D eigenvalue weighted by Crippen LogP contribution is 2.27. The normalized spacial score (nSPS) is 26.3. The van der Waals surface area contributed by atoms with Crippen LogP contribution in [0.3, 0.4) is 0 Å². The van der Waals surface area contributed by atoms with Crippen LogP contribution in [0.2, 0.25) is 0 Å². The second kappa shape index (κ2) is 6.68. The Morgan fingerprint density at radius 2 is 2.11 bits per heavy atom. The second-order valence-electron chi connectivity index (χ2n) is 4.95. The summed E-state index contributed by atoms with van der Waals surface area (Å²) in [6.07, 6.45) is 0.429. The van der Waals surface area contributed by atoms with E-state index in [9.17, 15) is 4.79 Å². The molecule has 1 aromatic rings. The maximum Gasteiger partial charge on any atom is 0.304 e. The first-order valence-electron chi connectivity index (χ1n) is 6.59. The Bertz CT molecular complexity index is 404. The van der Waals surface area contributed by atoms with Gasteiger partial charge in [0.15, 0.2) is 0 Å². The van der Waals surface area contributed by atoms with Gasteiger partial charge in [-0.3, -0.25) is 4.79 Å². The third-order valence-corrected chi connectivity index (χ3v) is 3.12. The molecule has 0 saturated carbocycles. The van der Waals surface area contributed by atoms with Crippen LogP contribution in [-0.4, -0.2) is 25.0 Å². The van der Waals surface area contributed by atoms with E-state index in [4.69, 9.17) is 14.2 Å². The molecule has 4 nitrogen and oxygen atoms in total. The van der Waals surface area contributed by atoms with Crippen LogP contribution in [-0.2, 0) is 25.6 Å². The van der Waals surface area contributed by atoms with E-state index in [1.54, 1.807) is 0 Å². The molecule has 1 aliphatic heterocycles. The van der Waals surface area contributed by atoms with Gasteiger partial charge in [-0.1, -0.05) is 37.3 Å². The maximum atomic E-state index is 10.9. The average molecular weight is 264 g/mol. The smallest absolute Gasteiger partial charge is 0.304 e. The Morgan fingerprint density at radius 1 is 1.37 bits per heavy atom. The molecule has 4 heteroatoms. The van der Waals surface area contributed by atoms with Gasteiger partial charge in [0.2, 0.25) is 6.29 Å². The minimum absolute atomic E-state index is 0.00284. The summed E-state index contributed by atoms with van der Waals surface area (Å²) >= 11 is 0. The van der Waals surface area contributed by atoms with E-state index in [-0.39, 0.29) is 18.0 Å². The average Bonchev–Trinajstić information content (AvgIpc) is 2.70. The van der Waals surface area contributed by atoms with Crippen LogP contribution in [0.25, 0.3) is 0 Å². The predicted octanol–water partition coefficient (Wildman–Crippen LogP) is 2.52. The van der Waals surface area contributed by atoms with E-state index in [0.29, 0.717) is 13.2 Å². The highest BCUT2D eigenvalue weighted by Gasteiger charge is 2.34. The minimum Gasteiger partial charge on any atom is -0.436 e. The third kappa shape index (κ3) is 4.33. The molecule has 3 unspecified atom stereocenters. The van der Waals surface area contributed by atoms with Crippen molar-refractivity contribution in [2.45, 2.75) is 39.3 Å². The Labute approximate surface area is 113 Å². The van der Waals surface area contributed by atoms with Crippen molar-refractivity contribution in [3.63, 3.8) is 0 Å². The number of hydrogen-bond acceptors (Lipinski definition) is 4. The number of rotatable bonds is 5. The van der Waals surface area contributed by atoms with Gasteiger partial charge < -0.3 is 14.2 Å². The Balaban J connectivity index is 1.71. The lowest BCUT2D eigenvalue weighted by molar-refractivity contribution is -0.181. The summed E-state index contributed by atoms with van der Waals surface area (Å²) in [5.41, 5.74) is 1.14. The number of benzene rings is 1. The standard InChI is InChI=1S/C15H20O4/c1-11-8-14(19-15(11)18-12(2)16)10-17-9-13-6-4-3-5-7-13/h3-7,11,14-15H,8-10H2,1-2H3. The van der Waals surface area contributed by atoms with Crippen LogP contribution in [0.1, 0.15) is 25.8 Å². The van der Waals surface area contributed by atoms with Gasteiger partial charge in [-0.25, -0.2) is 0 Å². The van der Waals surface area contributed by atoms with Crippen LogP contribution < -0.4 is 0 Å². The van der Waals surface area contributed by atoms with Crippen LogP contribution in [0.15, 0.2) is 30.3 Å². The van der Waals surface area contributed by atoms with Gasteiger partial charge in [0.25, 0.3) is 0 Å². The molecule has 19 heavy (non-hydrogen) atoms. The molecule has 1 heterocycles. The molecule has 104 valence electrons. The van der Waals surface area contributed by atoms with Crippen LogP contribution in [0, 0.1) is 5.92 Å². The summed E-state index contributed by atoms with van der Waals surface area (Å²) in [6, 6.07) is 10.0. The molecule has 0 bridgehead atoms. The van der Waals surface area contributed by atoms with Crippen molar-refractivity contribution < 1.29 is 19.0 Å². The van der Waals surface area contributed by atoms with E-state index in [1.165, 1.54) is 6.92 Å². The molecule has 0 N–H and O–H groups in total. The lowest BCUT2D eigenvalue weighted by Crippen LogP contribution is -2.22. The molecule has 0 radical (unpaired) electrons. The summed E-state index contributed by atoms with van der Waals surface area (Å²) in [7, 11) is 0. The quantitative estimate of drug-likeness (QED) is 0.767. The first kappa shape index (κ1) is 14.0. The highest BCUT2D eigenvalue weighted by molar-refractivity contribution is 5.66. The molecule has 1 aliphatic rings. The summed E-state index contributed by atoms with van der Waals surface area (Å²) in [5.74, 6) is -0.0862. The summed E-state index contributed by atoms with van der Waals surface area (Å²) < 4.78 is 16.4. The highest BCUT2D eigenvalue weighted by atomic mass is 16.7. The molecule has 0 spiro atoms. The van der Waals surface area contributed by atoms with Crippen LogP contribution in [0.5, 0.6) is 0 Å². The Morgan fingerprint density at radius 3 is 2.79 bits per heavy atom.